The van der Waals surface area contributed by atoms with Gasteiger partial charge in [0.25, 0.3) is 0 Å². The molecule has 0 aliphatic carbocycles. The minimum absolute atomic E-state index is 0.0649. The molecule has 0 atom stereocenters. The summed E-state index contributed by atoms with van der Waals surface area (Å²) < 4.78 is 26.0. The molecule has 1 amide bonds. The lowest BCUT2D eigenvalue weighted by Crippen LogP contribution is -2.24. The summed E-state index contributed by atoms with van der Waals surface area (Å²) in [5.41, 5.74) is 0. The van der Waals surface area contributed by atoms with Gasteiger partial charge in [-0.2, -0.15) is 0 Å². The molecule has 7 heteroatoms. The van der Waals surface area contributed by atoms with Crippen LogP contribution in [-0.4, -0.2) is 79.0 Å². The van der Waals surface area contributed by atoms with Crippen LogP contribution in [0.3, 0.4) is 0 Å². The highest BCUT2D eigenvalue weighted by molar-refractivity contribution is 5.76. The van der Waals surface area contributed by atoms with Crippen molar-refractivity contribution in [3.05, 3.63) is 0 Å². The number of nitrogens with one attached hydrogen (secondary N) is 1. The Morgan fingerprint density at radius 1 is 0.750 bits per heavy atom. The third-order valence-corrected chi connectivity index (χ3v) is 2.20. The largest absolute Gasteiger partial charge is 0.379 e. The number of hydrogen-bond donors (Lipinski definition) is 1. The second-order valence-electron chi connectivity index (χ2n) is 3.76. The van der Waals surface area contributed by atoms with Gasteiger partial charge in [0.2, 0.25) is 5.91 Å². The van der Waals surface area contributed by atoms with E-state index in [4.69, 9.17) is 23.7 Å². The first kappa shape index (κ1) is 19.3. The number of carbonyl (C=O) groups is 1. The van der Waals surface area contributed by atoms with Gasteiger partial charge in [-0.25, -0.2) is 0 Å². The molecular weight excluding hydrogens is 266 g/mol. The van der Waals surface area contributed by atoms with Crippen LogP contribution in [0.5, 0.6) is 0 Å². The van der Waals surface area contributed by atoms with Gasteiger partial charge < -0.3 is 29.0 Å². The molecule has 0 fully saturated rings. The van der Waals surface area contributed by atoms with Crippen LogP contribution in [0, 0.1) is 0 Å². The Balaban J connectivity index is 2.97. The second kappa shape index (κ2) is 16.3. The SMILES string of the molecule is CCOCCOCCOCCOCCOCC(=O)NC. The number of amides is 1. The Bertz CT molecular complexity index is 215. The van der Waals surface area contributed by atoms with Crippen LogP contribution in [0.4, 0.5) is 0 Å². The molecule has 0 saturated heterocycles. The molecule has 7 nitrogen and oxygen atoms in total. The Kier molecular flexibility index (Phi) is 15.7. The quantitative estimate of drug-likeness (QED) is 0.423. The van der Waals surface area contributed by atoms with E-state index in [1.807, 2.05) is 6.92 Å². The monoisotopic (exact) mass is 293 g/mol. The summed E-state index contributed by atoms with van der Waals surface area (Å²) in [6, 6.07) is 0. The predicted molar refractivity (Wildman–Crippen MR) is 73.8 cm³/mol. The Hall–Kier alpha value is -0.730. The van der Waals surface area contributed by atoms with Crippen molar-refractivity contribution in [1.29, 1.82) is 0 Å². The highest BCUT2D eigenvalue weighted by atomic mass is 16.6. The van der Waals surface area contributed by atoms with E-state index in [-0.39, 0.29) is 12.5 Å². The summed E-state index contributed by atoms with van der Waals surface area (Å²) in [6.07, 6.45) is 0. The van der Waals surface area contributed by atoms with Crippen molar-refractivity contribution in [2.45, 2.75) is 6.92 Å². The van der Waals surface area contributed by atoms with Gasteiger partial charge in [0, 0.05) is 13.7 Å². The molecule has 0 unspecified atom stereocenters. The zero-order valence-corrected chi connectivity index (χ0v) is 12.5. The molecule has 0 heterocycles. The van der Waals surface area contributed by atoms with E-state index >= 15 is 0 Å². The van der Waals surface area contributed by atoms with E-state index in [0.29, 0.717) is 59.5 Å². The molecule has 0 radical (unpaired) electrons. The van der Waals surface area contributed by atoms with Crippen molar-refractivity contribution in [2.24, 2.45) is 0 Å². The molecule has 0 bridgehead atoms. The van der Waals surface area contributed by atoms with E-state index in [0.717, 1.165) is 0 Å². The minimum Gasteiger partial charge on any atom is -0.379 e. The summed E-state index contributed by atoms with van der Waals surface area (Å²) in [5.74, 6) is -0.141. The maximum absolute atomic E-state index is 10.8. The maximum Gasteiger partial charge on any atom is 0.245 e. The number of ether oxygens (including phenoxy) is 5. The first-order valence-electron chi connectivity index (χ1n) is 6.90. The van der Waals surface area contributed by atoms with E-state index in [9.17, 15) is 4.79 Å². The average molecular weight is 293 g/mol. The number of carbonyl (C=O) groups excluding carboxylic acids is 1. The molecule has 0 aromatic carbocycles. The van der Waals surface area contributed by atoms with Crippen molar-refractivity contribution in [1.82, 2.24) is 5.32 Å². The zero-order valence-electron chi connectivity index (χ0n) is 12.5. The minimum atomic E-state index is -0.141. The highest BCUT2D eigenvalue weighted by Crippen LogP contribution is 1.83. The van der Waals surface area contributed by atoms with Crippen LogP contribution in [0.2, 0.25) is 0 Å². The lowest BCUT2D eigenvalue weighted by atomic mass is 10.6. The van der Waals surface area contributed by atoms with Gasteiger partial charge in [-0.05, 0) is 6.92 Å². The first-order valence-corrected chi connectivity index (χ1v) is 6.90. The fourth-order valence-corrected chi connectivity index (χ4v) is 1.16. The number of hydrogen-bond acceptors (Lipinski definition) is 6. The standard InChI is InChI=1S/C13H27NO6/c1-3-16-4-5-17-6-7-18-8-9-19-10-11-20-12-13(15)14-2/h3-12H2,1-2H3,(H,14,15). The van der Waals surface area contributed by atoms with Crippen LogP contribution in [0.15, 0.2) is 0 Å². The molecule has 120 valence electrons. The summed E-state index contributed by atoms with van der Waals surface area (Å²) >= 11 is 0. The van der Waals surface area contributed by atoms with Gasteiger partial charge in [0.05, 0.1) is 52.9 Å². The lowest BCUT2D eigenvalue weighted by molar-refractivity contribution is -0.125. The van der Waals surface area contributed by atoms with Crippen LogP contribution < -0.4 is 5.32 Å². The molecular formula is C13H27NO6. The van der Waals surface area contributed by atoms with Crippen molar-refractivity contribution in [2.75, 3.05) is 73.1 Å². The first-order chi connectivity index (χ1) is 9.81. The van der Waals surface area contributed by atoms with Gasteiger partial charge in [-0.3, -0.25) is 4.79 Å². The molecule has 0 saturated carbocycles. The third kappa shape index (κ3) is 15.3. The molecule has 1 N–H and O–H groups in total. The Morgan fingerprint density at radius 3 is 1.55 bits per heavy atom. The summed E-state index contributed by atoms with van der Waals surface area (Å²) in [6.45, 7) is 6.91. The van der Waals surface area contributed by atoms with Gasteiger partial charge in [-0.1, -0.05) is 0 Å². The van der Waals surface area contributed by atoms with Crippen molar-refractivity contribution in [3.8, 4) is 0 Å². The third-order valence-electron chi connectivity index (χ3n) is 2.20. The highest BCUT2D eigenvalue weighted by Gasteiger charge is 1.97. The second-order valence-corrected chi connectivity index (χ2v) is 3.76. The fourth-order valence-electron chi connectivity index (χ4n) is 1.16. The van der Waals surface area contributed by atoms with E-state index < -0.39 is 0 Å². The van der Waals surface area contributed by atoms with E-state index in [1.54, 1.807) is 7.05 Å². The van der Waals surface area contributed by atoms with Crippen LogP contribution in [0.25, 0.3) is 0 Å². The summed E-state index contributed by atoms with van der Waals surface area (Å²) in [7, 11) is 1.57. The smallest absolute Gasteiger partial charge is 0.245 e. The van der Waals surface area contributed by atoms with Crippen LogP contribution in [-0.2, 0) is 28.5 Å². The van der Waals surface area contributed by atoms with Crippen LogP contribution >= 0.6 is 0 Å². The van der Waals surface area contributed by atoms with Gasteiger partial charge in [0.15, 0.2) is 0 Å². The number of rotatable bonds is 15. The Labute approximate surface area is 120 Å². The molecule has 20 heavy (non-hydrogen) atoms. The van der Waals surface area contributed by atoms with Gasteiger partial charge in [-0.15, -0.1) is 0 Å². The molecule has 0 aromatic heterocycles. The van der Waals surface area contributed by atoms with E-state index in [2.05, 4.69) is 5.32 Å². The topological polar surface area (TPSA) is 75.2 Å². The summed E-state index contributed by atoms with van der Waals surface area (Å²) in [5, 5.41) is 2.47. The van der Waals surface area contributed by atoms with Gasteiger partial charge in [0.1, 0.15) is 6.61 Å². The molecule has 0 spiro atoms. The van der Waals surface area contributed by atoms with Crippen molar-refractivity contribution in [3.63, 3.8) is 0 Å². The van der Waals surface area contributed by atoms with Crippen LogP contribution in [0.1, 0.15) is 6.92 Å². The normalized spacial score (nSPS) is 10.7. The van der Waals surface area contributed by atoms with Crippen molar-refractivity contribution < 1.29 is 28.5 Å². The van der Waals surface area contributed by atoms with Crippen molar-refractivity contribution >= 4 is 5.91 Å². The zero-order chi connectivity index (χ0) is 14.9. The maximum atomic E-state index is 10.8. The molecule has 0 aliphatic heterocycles. The lowest BCUT2D eigenvalue weighted by Gasteiger charge is -2.07. The molecule has 0 rings (SSSR count). The average Bonchev–Trinajstić information content (AvgIpc) is 2.47. The number of likely N-dealkylation sites (N-methyl/N-ethyl adjacent to an activating group) is 1. The Morgan fingerprint density at radius 2 is 1.15 bits per heavy atom. The van der Waals surface area contributed by atoms with E-state index in [1.165, 1.54) is 0 Å². The fraction of sp³-hybridized carbons (Fsp3) is 0.923. The van der Waals surface area contributed by atoms with Gasteiger partial charge >= 0.3 is 0 Å². The molecule has 0 aromatic rings. The predicted octanol–water partition coefficient (Wildman–Crippen LogP) is -0.165. The molecule has 0 aliphatic rings. The summed E-state index contributed by atoms with van der Waals surface area (Å²) in [4.78, 5) is 10.8.